The van der Waals surface area contributed by atoms with Gasteiger partial charge in [-0.3, -0.25) is 4.90 Å². The van der Waals surface area contributed by atoms with Crippen LogP contribution in [0.25, 0.3) is 0 Å². The van der Waals surface area contributed by atoms with Gasteiger partial charge in [0.05, 0.1) is 6.54 Å². The summed E-state index contributed by atoms with van der Waals surface area (Å²) in [5.74, 6) is 0.719. The highest BCUT2D eigenvalue weighted by Crippen LogP contribution is 2.29. The Balaban J connectivity index is 2.48. The van der Waals surface area contributed by atoms with Gasteiger partial charge in [-0.1, -0.05) is 26.2 Å². The number of halogens is 2. The van der Waals surface area contributed by atoms with Gasteiger partial charge in [-0.2, -0.15) is 0 Å². The summed E-state index contributed by atoms with van der Waals surface area (Å²) < 4.78 is 24.9. The molecule has 2 nitrogen and oxygen atoms in total. The topological polar surface area (TPSA) is 29.3 Å². The van der Waals surface area contributed by atoms with Gasteiger partial charge in [0.1, 0.15) is 0 Å². The predicted molar refractivity (Wildman–Crippen MR) is 62.7 cm³/mol. The second-order valence-corrected chi connectivity index (χ2v) is 4.77. The summed E-state index contributed by atoms with van der Waals surface area (Å²) in [6.07, 6.45) is 3.49. The lowest BCUT2D eigenvalue weighted by atomic mass is 9.83. The van der Waals surface area contributed by atoms with Crippen LogP contribution in [0.3, 0.4) is 0 Å². The molecule has 1 saturated carbocycles. The lowest BCUT2D eigenvalue weighted by Gasteiger charge is -2.37. The molecule has 2 N–H and O–H groups in total. The van der Waals surface area contributed by atoms with Crippen molar-refractivity contribution in [1.29, 1.82) is 0 Å². The Kier molecular flexibility index (Phi) is 6.21. The van der Waals surface area contributed by atoms with E-state index >= 15 is 0 Å². The van der Waals surface area contributed by atoms with Crippen LogP contribution in [0.2, 0.25) is 0 Å². The van der Waals surface area contributed by atoms with Crippen molar-refractivity contribution in [3.8, 4) is 0 Å². The zero-order valence-corrected chi connectivity index (χ0v) is 10.2. The molecule has 1 aliphatic carbocycles. The molecule has 0 saturated heterocycles. The number of nitrogens with zero attached hydrogens (tertiary/aromatic N) is 1. The van der Waals surface area contributed by atoms with Crippen molar-refractivity contribution in [3.05, 3.63) is 0 Å². The lowest BCUT2D eigenvalue weighted by Crippen LogP contribution is -2.44. The van der Waals surface area contributed by atoms with Gasteiger partial charge in [0, 0.05) is 19.1 Å². The van der Waals surface area contributed by atoms with Crippen LogP contribution >= 0.6 is 0 Å². The zero-order chi connectivity index (χ0) is 12.0. The van der Waals surface area contributed by atoms with E-state index in [1.165, 1.54) is 19.3 Å². The highest BCUT2D eigenvalue weighted by Gasteiger charge is 2.26. The zero-order valence-electron chi connectivity index (χ0n) is 10.2. The van der Waals surface area contributed by atoms with E-state index in [1.54, 1.807) is 0 Å². The van der Waals surface area contributed by atoms with Gasteiger partial charge < -0.3 is 5.73 Å². The summed E-state index contributed by atoms with van der Waals surface area (Å²) >= 11 is 0. The van der Waals surface area contributed by atoms with Crippen LogP contribution in [0, 0.1) is 5.92 Å². The van der Waals surface area contributed by atoms with Crippen molar-refractivity contribution in [2.45, 2.75) is 51.5 Å². The van der Waals surface area contributed by atoms with E-state index in [-0.39, 0.29) is 6.54 Å². The van der Waals surface area contributed by atoms with E-state index in [4.69, 9.17) is 5.73 Å². The van der Waals surface area contributed by atoms with E-state index < -0.39 is 6.43 Å². The smallest absolute Gasteiger partial charge is 0.251 e. The molecule has 2 atom stereocenters. The Morgan fingerprint density at radius 2 is 2.12 bits per heavy atom. The molecule has 1 rings (SSSR count). The van der Waals surface area contributed by atoms with E-state index in [2.05, 4.69) is 6.92 Å². The molecule has 0 heterocycles. The first-order valence-electron chi connectivity index (χ1n) is 6.39. The fourth-order valence-corrected chi connectivity index (χ4v) is 2.73. The molecule has 0 spiro atoms. The van der Waals surface area contributed by atoms with Crippen LogP contribution in [0.4, 0.5) is 8.78 Å². The highest BCUT2D eigenvalue weighted by molar-refractivity contribution is 4.80. The van der Waals surface area contributed by atoms with E-state index in [1.807, 2.05) is 4.90 Å². The Labute approximate surface area is 97.2 Å². The fourth-order valence-electron chi connectivity index (χ4n) is 2.73. The van der Waals surface area contributed by atoms with Gasteiger partial charge in [-0.15, -0.1) is 0 Å². The molecular formula is C12H24F2N2. The number of hydrogen-bond donors (Lipinski definition) is 1. The molecule has 0 aliphatic heterocycles. The molecule has 0 aromatic carbocycles. The molecule has 0 bridgehead atoms. The molecule has 16 heavy (non-hydrogen) atoms. The molecule has 1 aliphatic rings. The minimum Gasteiger partial charge on any atom is -0.329 e. The number of rotatable bonds is 6. The third-order valence-electron chi connectivity index (χ3n) is 3.64. The van der Waals surface area contributed by atoms with Crippen molar-refractivity contribution in [1.82, 2.24) is 4.90 Å². The van der Waals surface area contributed by atoms with Gasteiger partial charge in [0.15, 0.2) is 0 Å². The second kappa shape index (κ2) is 7.17. The van der Waals surface area contributed by atoms with Crippen molar-refractivity contribution < 1.29 is 8.78 Å². The first-order chi connectivity index (χ1) is 7.67. The maximum atomic E-state index is 12.5. The quantitative estimate of drug-likeness (QED) is 0.765. The van der Waals surface area contributed by atoms with Crippen molar-refractivity contribution in [2.75, 3.05) is 19.6 Å². The van der Waals surface area contributed by atoms with E-state index in [0.29, 0.717) is 19.1 Å². The summed E-state index contributed by atoms with van der Waals surface area (Å²) in [7, 11) is 0. The predicted octanol–water partition coefficient (Wildman–Crippen LogP) is 2.48. The first-order valence-corrected chi connectivity index (χ1v) is 6.39. The summed E-state index contributed by atoms with van der Waals surface area (Å²) in [5, 5.41) is 0. The van der Waals surface area contributed by atoms with Gasteiger partial charge in [-0.25, -0.2) is 8.78 Å². The molecule has 0 radical (unpaired) electrons. The van der Waals surface area contributed by atoms with Gasteiger partial charge in [0.25, 0.3) is 6.43 Å². The third kappa shape index (κ3) is 4.34. The Morgan fingerprint density at radius 1 is 1.38 bits per heavy atom. The number of alkyl halides is 2. The molecule has 4 heteroatoms. The van der Waals surface area contributed by atoms with Gasteiger partial charge in [0.2, 0.25) is 0 Å². The fraction of sp³-hybridized carbons (Fsp3) is 1.00. The van der Waals surface area contributed by atoms with Crippen LogP contribution in [0.15, 0.2) is 0 Å². The minimum atomic E-state index is -2.24. The SMILES string of the molecule is CCC1CCCC(N(CCN)CC(F)F)C1. The second-order valence-electron chi connectivity index (χ2n) is 4.77. The molecule has 1 fully saturated rings. The molecule has 0 aromatic heterocycles. The van der Waals surface area contributed by atoms with Gasteiger partial charge in [-0.05, 0) is 18.8 Å². The number of nitrogens with two attached hydrogens (primary N) is 1. The van der Waals surface area contributed by atoms with Crippen LogP contribution in [0.1, 0.15) is 39.0 Å². The molecule has 0 amide bonds. The van der Waals surface area contributed by atoms with Crippen LogP contribution in [-0.4, -0.2) is 37.0 Å². The van der Waals surface area contributed by atoms with Crippen molar-refractivity contribution in [2.24, 2.45) is 11.7 Å². The van der Waals surface area contributed by atoms with E-state index in [0.717, 1.165) is 18.8 Å². The largest absolute Gasteiger partial charge is 0.329 e. The molecular weight excluding hydrogens is 210 g/mol. The monoisotopic (exact) mass is 234 g/mol. The maximum absolute atomic E-state index is 12.5. The summed E-state index contributed by atoms with van der Waals surface area (Å²) in [6, 6.07) is 0.330. The summed E-state index contributed by atoms with van der Waals surface area (Å²) in [6.45, 7) is 3.15. The van der Waals surface area contributed by atoms with Crippen LogP contribution < -0.4 is 5.73 Å². The molecule has 2 unspecified atom stereocenters. The normalized spacial score (nSPS) is 26.6. The maximum Gasteiger partial charge on any atom is 0.251 e. The Morgan fingerprint density at radius 3 is 2.69 bits per heavy atom. The van der Waals surface area contributed by atoms with Crippen molar-refractivity contribution >= 4 is 0 Å². The minimum absolute atomic E-state index is 0.113. The molecule has 0 aromatic rings. The standard InChI is InChI=1S/C12H24F2N2/c1-2-10-4-3-5-11(8-10)16(7-6-15)9-12(13)14/h10-12H,2-9,15H2,1H3. The lowest BCUT2D eigenvalue weighted by molar-refractivity contribution is 0.0479. The van der Waals surface area contributed by atoms with E-state index in [9.17, 15) is 8.78 Å². The first kappa shape index (κ1) is 13.8. The highest BCUT2D eigenvalue weighted by atomic mass is 19.3. The van der Waals surface area contributed by atoms with Gasteiger partial charge >= 0.3 is 0 Å². The Bertz CT molecular complexity index is 188. The summed E-state index contributed by atoms with van der Waals surface area (Å²) in [4.78, 5) is 1.90. The average molecular weight is 234 g/mol. The van der Waals surface area contributed by atoms with Crippen molar-refractivity contribution in [3.63, 3.8) is 0 Å². The van der Waals surface area contributed by atoms with Crippen LogP contribution in [0.5, 0.6) is 0 Å². The Hall–Kier alpha value is -0.220. The number of hydrogen-bond acceptors (Lipinski definition) is 2. The van der Waals surface area contributed by atoms with Crippen LogP contribution in [-0.2, 0) is 0 Å². The average Bonchev–Trinajstić information content (AvgIpc) is 2.28. The summed E-state index contributed by atoms with van der Waals surface area (Å²) in [5.41, 5.74) is 5.49. The third-order valence-corrected chi connectivity index (χ3v) is 3.64. The molecule has 96 valence electrons.